The lowest BCUT2D eigenvalue weighted by molar-refractivity contribution is -0.384. The van der Waals surface area contributed by atoms with E-state index in [4.69, 9.17) is 0 Å². The maximum absolute atomic E-state index is 12.5. The van der Waals surface area contributed by atoms with Gasteiger partial charge in [0.05, 0.1) is 15.5 Å². The molecule has 0 atom stereocenters. The van der Waals surface area contributed by atoms with Crippen LogP contribution in [-0.4, -0.2) is 13.3 Å². The number of nitro benzene ring substituents is 1. The van der Waals surface area contributed by atoms with Crippen molar-refractivity contribution in [2.24, 2.45) is 0 Å². The number of hydrogen-bond donors (Lipinski definition) is 1. The second kappa shape index (κ2) is 6.00. The molecule has 7 heteroatoms. The molecule has 2 aromatic carbocycles. The molecule has 3 rings (SSSR count). The molecule has 0 spiro atoms. The first kappa shape index (κ1) is 15.5. The molecule has 0 amide bonds. The number of rotatable bonds is 4. The van der Waals surface area contributed by atoms with E-state index >= 15 is 0 Å². The van der Waals surface area contributed by atoms with E-state index in [9.17, 15) is 18.5 Å². The molecule has 0 aromatic heterocycles. The Hall–Kier alpha value is -2.41. The molecule has 0 aliphatic heterocycles. The molecule has 0 saturated carbocycles. The summed E-state index contributed by atoms with van der Waals surface area (Å²) < 4.78 is 27.6. The third-order valence-electron chi connectivity index (χ3n) is 4.00. The van der Waals surface area contributed by atoms with E-state index in [0.29, 0.717) is 5.69 Å². The van der Waals surface area contributed by atoms with Crippen molar-refractivity contribution in [3.8, 4) is 0 Å². The molecule has 0 unspecified atom stereocenters. The Morgan fingerprint density at radius 3 is 2.39 bits per heavy atom. The van der Waals surface area contributed by atoms with Crippen LogP contribution >= 0.6 is 0 Å². The number of nitro groups is 1. The number of nitrogens with zero attached hydrogens (tertiary/aromatic N) is 1. The van der Waals surface area contributed by atoms with Crippen LogP contribution in [0.15, 0.2) is 47.4 Å². The standard InChI is InChI=1S/C16H16N2O4S/c19-18(20)13-8-10-14(11-9-13)23(21,22)17-16-7-3-5-12-4-1-2-6-15(12)16/h3,5,7-11,17H,1-2,4,6H2. The normalized spacial score (nSPS) is 14.1. The van der Waals surface area contributed by atoms with Crippen molar-refractivity contribution in [3.05, 3.63) is 63.7 Å². The fourth-order valence-corrected chi connectivity index (χ4v) is 3.92. The molecule has 6 nitrogen and oxygen atoms in total. The number of fused-ring (bicyclic) bond motifs is 1. The summed E-state index contributed by atoms with van der Waals surface area (Å²) in [6, 6.07) is 10.5. The highest BCUT2D eigenvalue weighted by Crippen LogP contribution is 2.29. The Balaban J connectivity index is 1.91. The van der Waals surface area contributed by atoms with Crippen LogP contribution in [0.25, 0.3) is 0 Å². The molecule has 1 aliphatic carbocycles. The molecule has 23 heavy (non-hydrogen) atoms. The summed E-state index contributed by atoms with van der Waals surface area (Å²) in [5.74, 6) is 0. The smallest absolute Gasteiger partial charge is 0.269 e. The minimum atomic E-state index is -3.76. The van der Waals surface area contributed by atoms with E-state index in [0.717, 1.165) is 31.2 Å². The lowest BCUT2D eigenvalue weighted by atomic mass is 9.91. The van der Waals surface area contributed by atoms with Crippen molar-refractivity contribution < 1.29 is 13.3 Å². The Kier molecular flexibility index (Phi) is 4.04. The summed E-state index contributed by atoms with van der Waals surface area (Å²) in [7, 11) is -3.76. The number of sulfonamides is 1. The predicted octanol–water partition coefficient (Wildman–Crippen LogP) is 3.27. The van der Waals surface area contributed by atoms with Gasteiger partial charge in [-0.1, -0.05) is 12.1 Å². The van der Waals surface area contributed by atoms with Crippen LogP contribution in [0.4, 0.5) is 11.4 Å². The predicted molar refractivity (Wildman–Crippen MR) is 87.0 cm³/mol. The minimum Gasteiger partial charge on any atom is -0.279 e. The topological polar surface area (TPSA) is 89.3 Å². The zero-order valence-corrected chi connectivity index (χ0v) is 13.2. The highest BCUT2D eigenvalue weighted by Gasteiger charge is 2.19. The van der Waals surface area contributed by atoms with Crippen molar-refractivity contribution in [1.82, 2.24) is 0 Å². The van der Waals surface area contributed by atoms with Crippen LogP contribution in [0.3, 0.4) is 0 Å². The summed E-state index contributed by atoms with van der Waals surface area (Å²) in [6.07, 6.45) is 3.98. The third-order valence-corrected chi connectivity index (χ3v) is 5.38. The van der Waals surface area contributed by atoms with Crippen LogP contribution < -0.4 is 4.72 Å². The van der Waals surface area contributed by atoms with Gasteiger partial charge >= 0.3 is 0 Å². The summed E-state index contributed by atoms with van der Waals surface area (Å²) in [5, 5.41) is 10.7. The quantitative estimate of drug-likeness (QED) is 0.687. The Morgan fingerprint density at radius 2 is 1.70 bits per heavy atom. The van der Waals surface area contributed by atoms with E-state index in [1.807, 2.05) is 12.1 Å². The Bertz CT molecular complexity index is 845. The monoisotopic (exact) mass is 332 g/mol. The number of nitrogens with one attached hydrogen (secondary N) is 1. The number of non-ortho nitro benzene ring substituents is 1. The fourth-order valence-electron chi connectivity index (χ4n) is 2.83. The fraction of sp³-hybridized carbons (Fsp3) is 0.250. The zero-order chi connectivity index (χ0) is 16.4. The van der Waals surface area contributed by atoms with Crippen molar-refractivity contribution in [2.75, 3.05) is 4.72 Å². The van der Waals surface area contributed by atoms with E-state index in [2.05, 4.69) is 4.72 Å². The van der Waals surface area contributed by atoms with Crippen LogP contribution in [0.2, 0.25) is 0 Å². The van der Waals surface area contributed by atoms with Gasteiger partial charge in [-0.2, -0.15) is 0 Å². The van der Waals surface area contributed by atoms with Gasteiger partial charge in [0.15, 0.2) is 0 Å². The summed E-state index contributed by atoms with van der Waals surface area (Å²) in [6.45, 7) is 0. The molecule has 0 saturated heterocycles. The van der Waals surface area contributed by atoms with Gasteiger partial charge < -0.3 is 0 Å². The third kappa shape index (κ3) is 3.19. The highest BCUT2D eigenvalue weighted by molar-refractivity contribution is 7.92. The molecular formula is C16H16N2O4S. The summed E-state index contributed by atoms with van der Waals surface area (Å²) >= 11 is 0. The average Bonchev–Trinajstić information content (AvgIpc) is 2.55. The van der Waals surface area contributed by atoms with Gasteiger partial charge in [-0.3, -0.25) is 14.8 Å². The zero-order valence-electron chi connectivity index (χ0n) is 12.4. The molecular weight excluding hydrogens is 316 g/mol. The van der Waals surface area contributed by atoms with Gasteiger partial charge in [0.1, 0.15) is 0 Å². The highest BCUT2D eigenvalue weighted by atomic mass is 32.2. The van der Waals surface area contributed by atoms with Crippen molar-refractivity contribution in [1.29, 1.82) is 0 Å². The molecule has 1 N–H and O–H groups in total. The Morgan fingerprint density at radius 1 is 1.00 bits per heavy atom. The largest absolute Gasteiger partial charge is 0.279 e. The molecule has 2 aromatic rings. The van der Waals surface area contributed by atoms with Gasteiger partial charge in [-0.25, -0.2) is 8.42 Å². The molecule has 120 valence electrons. The lowest BCUT2D eigenvalue weighted by Gasteiger charge is -2.20. The first-order chi connectivity index (χ1) is 11.0. The maximum atomic E-state index is 12.5. The van der Waals surface area contributed by atoms with Crippen molar-refractivity contribution in [3.63, 3.8) is 0 Å². The van der Waals surface area contributed by atoms with Gasteiger partial charge in [0.2, 0.25) is 0 Å². The van der Waals surface area contributed by atoms with Gasteiger partial charge in [0.25, 0.3) is 15.7 Å². The van der Waals surface area contributed by atoms with Gasteiger partial charge in [-0.15, -0.1) is 0 Å². The van der Waals surface area contributed by atoms with E-state index in [1.165, 1.54) is 29.8 Å². The summed E-state index contributed by atoms with van der Waals surface area (Å²) in [4.78, 5) is 10.1. The Labute approximate surface area is 134 Å². The van der Waals surface area contributed by atoms with Crippen molar-refractivity contribution >= 4 is 21.4 Å². The second-order valence-electron chi connectivity index (χ2n) is 5.51. The van der Waals surface area contributed by atoms with E-state index in [-0.39, 0.29) is 10.6 Å². The van der Waals surface area contributed by atoms with E-state index in [1.54, 1.807) is 6.07 Å². The van der Waals surface area contributed by atoms with Crippen LogP contribution in [-0.2, 0) is 22.9 Å². The van der Waals surface area contributed by atoms with Gasteiger partial charge in [-0.05, 0) is 55.0 Å². The molecule has 0 bridgehead atoms. The number of benzene rings is 2. The van der Waals surface area contributed by atoms with Gasteiger partial charge in [0, 0.05) is 12.1 Å². The number of hydrogen-bond acceptors (Lipinski definition) is 4. The van der Waals surface area contributed by atoms with E-state index < -0.39 is 14.9 Å². The molecule has 0 radical (unpaired) electrons. The first-order valence-electron chi connectivity index (χ1n) is 7.35. The maximum Gasteiger partial charge on any atom is 0.269 e. The molecule has 0 fully saturated rings. The second-order valence-corrected chi connectivity index (χ2v) is 7.19. The SMILES string of the molecule is O=[N+]([O-])c1ccc(S(=O)(=O)Nc2cccc3c2CCCC3)cc1. The number of aryl methyl sites for hydroxylation is 1. The van der Waals surface area contributed by atoms with Crippen LogP contribution in [0.1, 0.15) is 24.0 Å². The average molecular weight is 332 g/mol. The lowest BCUT2D eigenvalue weighted by Crippen LogP contribution is -2.16. The van der Waals surface area contributed by atoms with Crippen molar-refractivity contribution in [2.45, 2.75) is 30.6 Å². The molecule has 1 aliphatic rings. The minimum absolute atomic E-state index is 0.0107. The molecule has 0 heterocycles. The van der Waals surface area contributed by atoms with Crippen LogP contribution in [0, 0.1) is 10.1 Å². The summed E-state index contributed by atoms with van der Waals surface area (Å²) in [5.41, 5.74) is 2.69. The first-order valence-corrected chi connectivity index (χ1v) is 8.84. The number of anilines is 1. The van der Waals surface area contributed by atoms with Crippen LogP contribution in [0.5, 0.6) is 0 Å².